The molecule has 0 aromatic heterocycles. The summed E-state index contributed by atoms with van der Waals surface area (Å²) >= 11 is 0. The molecular formula is C20H23NO6S. The Labute approximate surface area is 164 Å². The maximum atomic E-state index is 12.5. The summed E-state index contributed by atoms with van der Waals surface area (Å²) in [6.07, 6.45) is 1.62. The molecule has 1 aliphatic rings. The SMILES string of the molecule is COc1ccc(C(=O)OCCOc2ccccc2C)cc1S(=O)(=O)NC1CC1. The molecule has 28 heavy (non-hydrogen) atoms. The molecule has 0 saturated heterocycles. The highest BCUT2D eigenvalue weighted by molar-refractivity contribution is 7.89. The van der Waals surface area contributed by atoms with E-state index >= 15 is 0 Å². The number of benzene rings is 2. The maximum absolute atomic E-state index is 12.5. The zero-order valence-corrected chi connectivity index (χ0v) is 16.6. The van der Waals surface area contributed by atoms with Crippen molar-refractivity contribution in [2.45, 2.75) is 30.7 Å². The predicted molar refractivity (Wildman–Crippen MR) is 103 cm³/mol. The van der Waals surface area contributed by atoms with Crippen molar-refractivity contribution in [2.24, 2.45) is 0 Å². The number of methoxy groups -OCH3 is 1. The monoisotopic (exact) mass is 405 g/mol. The molecular weight excluding hydrogens is 382 g/mol. The molecule has 2 aromatic rings. The van der Waals surface area contributed by atoms with Crippen LogP contribution in [0.1, 0.15) is 28.8 Å². The molecule has 8 heteroatoms. The zero-order valence-electron chi connectivity index (χ0n) is 15.8. The Bertz CT molecular complexity index is 953. The second kappa shape index (κ2) is 8.62. The van der Waals surface area contributed by atoms with E-state index in [1.807, 2.05) is 31.2 Å². The highest BCUT2D eigenvalue weighted by Crippen LogP contribution is 2.28. The molecule has 1 N–H and O–H groups in total. The molecule has 0 unspecified atom stereocenters. The van der Waals surface area contributed by atoms with Gasteiger partial charge in [-0.3, -0.25) is 0 Å². The Balaban J connectivity index is 1.63. The van der Waals surface area contributed by atoms with Crippen molar-refractivity contribution < 1.29 is 27.4 Å². The lowest BCUT2D eigenvalue weighted by Gasteiger charge is -2.12. The van der Waals surface area contributed by atoms with Crippen molar-refractivity contribution in [3.8, 4) is 11.5 Å². The summed E-state index contributed by atoms with van der Waals surface area (Å²) in [4.78, 5) is 12.2. The van der Waals surface area contributed by atoms with Crippen LogP contribution in [0, 0.1) is 6.92 Å². The van der Waals surface area contributed by atoms with Crippen molar-refractivity contribution in [3.05, 3.63) is 53.6 Å². The van der Waals surface area contributed by atoms with Crippen molar-refractivity contribution in [1.29, 1.82) is 0 Å². The fourth-order valence-corrected chi connectivity index (χ4v) is 4.09. The molecule has 0 amide bonds. The third kappa shape index (κ3) is 5.02. The van der Waals surface area contributed by atoms with E-state index in [2.05, 4.69) is 4.72 Å². The van der Waals surface area contributed by atoms with Gasteiger partial charge in [0.05, 0.1) is 12.7 Å². The molecule has 1 saturated carbocycles. The van der Waals surface area contributed by atoms with Crippen LogP contribution in [0.5, 0.6) is 11.5 Å². The normalized spacial score (nSPS) is 13.8. The molecule has 3 rings (SSSR count). The molecule has 0 aliphatic heterocycles. The topological polar surface area (TPSA) is 90.9 Å². The Morgan fingerprint density at radius 2 is 1.86 bits per heavy atom. The quantitative estimate of drug-likeness (QED) is 0.510. The molecule has 0 atom stereocenters. The molecule has 7 nitrogen and oxygen atoms in total. The van der Waals surface area contributed by atoms with Crippen LogP contribution in [-0.4, -0.2) is 40.8 Å². The number of hydrogen-bond donors (Lipinski definition) is 1. The molecule has 150 valence electrons. The Morgan fingerprint density at radius 1 is 1.11 bits per heavy atom. The number of ether oxygens (including phenoxy) is 3. The number of aryl methyl sites for hydroxylation is 1. The van der Waals surface area contributed by atoms with Gasteiger partial charge in [-0.05, 0) is 49.6 Å². The Morgan fingerprint density at radius 3 is 2.54 bits per heavy atom. The van der Waals surface area contributed by atoms with Gasteiger partial charge in [-0.25, -0.2) is 17.9 Å². The molecule has 1 fully saturated rings. The Kier molecular flexibility index (Phi) is 6.21. The minimum atomic E-state index is -3.77. The van der Waals surface area contributed by atoms with E-state index in [0.717, 1.165) is 24.2 Å². The largest absolute Gasteiger partial charge is 0.495 e. The van der Waals surface area contributed by atoms with E-state index in [1.54, 1.807) is 0 Å². The molecule has 0 radical (unpaired) electrons. The van der Waals surface area contributed by atoms with Crippen LogP contribution in [-0.2, 0) is 14.8 Å². The highest BCUT2D eigenvalue weighted by Gasteiger charge is 2.30. The van der Waals surface area contributed by atoms with Gasteiger partial charge in [-0.2, -0.15) is 0 Å². The number of hydrogen-bond acceptors (Lipinski definition) is 6. The molecule has 0 bridgehead atoms. The third-order valence-electron chi connectivity index (χ3n) is 4.26. The van der Waals surface area contributed by atoms with E-state index in [4.69, 9.17) is 14.2 Å². The fourth-order valence-electron chi connectivity index (χ4n) is 2.59. The van der Waals surface area contributed by atoms with E-state index < -0.39 is 16.0 Å². The van der Waals surface area contributed by atoms with Crippen LogP contribution < -0.4 is 14.2 Å². The van der Waals surface area contributed by atoms with Crippen molar-refractivity contribution in [2.75, 3.05) is 20.3 Å². The number of sulfonamides is 1. The predicted octanol–water partition coefficient (Wildman–Crippen LogP) is 2.68. The van der Waals surface area contributed by atoms with Gasteiger partial charge in [0.1, 0.15) is 29.6 Å². The van der Waals surface area contributed by atoms with Gasteiger partial charge in [0.25, 0.3) is 0 Å². The number of nitrogens with one attached hydrogen (secondary N) is 1. The van der Waals surface area contributed by atoms with Crippen LogP contribution in [0.3, 0.4) is 0 Å². The van der Waals surface area contributed by atoms with E-state index in [0.29, 0.717) is 0 Å². The lowest BCUT2D eigenvalue weighted by Crippen LogP contribution is -2.26. The molecule has 1 aliphatic carbocycles. The smallest absolute Gasteiger partial charge is 0.338 e. The number of carbonyl (C=O) groups is 1. The first kappa shape index (κ1) is 20.2. The van der Waals surface area contributed by atoms with E-state index in [1.165, 1.54) is 25.3 Å². The van der Waals surface area contributed by atoms with Crippen LogP contribution in [0.2, 0.25) is 0 Å². The van der Waals surface area contributed by atoms with Gasteiger partial charge in [0, 0.05) is 6.04 Å². The summed E-state index contributed by atoms with van der Waals surface area (Å²) in [7, 11) is -2.39. The number of para-hydroxylation sites is 1. The number of rotatable bonds is 9. The summed E-state index contributed by atoms with van der Waals surface area (Å²) < 4.78 is 43.6. The lowest BCUT2D eigenvalue weighted by molar-refractivity contribution is 0.0450. The van der Waals surface area contributed by atoms with Gasteiger partial charge < -0.3 is 14.2 Å². The lowest BCUT2D eigenvalue weighted by atomic mass is 10.2. The van der Waals surface area contributed by atoms with Crippen molar-refractivity contribution >= 4 is 16.0 Å². The summed E-state index contributed by atoms with van der Waals surface area (Å²) in [5.74, 6) is 0.272. The average molecular weight is 405 g/mol. The van der Waals surface area contributed by atoms with Crippen LogP contribution in [0.4, 0.5) is 0 Å². The number of carbonyl (C=O) groups excluding carboxylic acids is 1. The first-order valence-electron chi connectivity index (χ1n) is 8.96. The first-order valence-corrected chi connectivity index (χ1v) is 10.4. The second-order valence-corrected chi connectivity index (χ2v) is 8.19. The van der Waals surface area contributed by atoms with Crippen molar-refractivity contribution in [1.82, 2.24) is 4.72 Å². The summed E-state index contributed by atoms with van der Waals surface area (Å²) in [6.45, 7) is 2.17. The summed E-state index contributed by atoms with van der Waals surface area (Å²) in [5.41, 5.74) is 1.12. The molecule has 2 aromatic carbocycles. The van der Waals surface area contributed by atoms with Gasteiger partial charge in [0.15, 0.2) is 0 Å². The second-order valence-electron chi connectivity index (χ2n) is 6.51. The first-order chi connectivity index (χ1) is 13.4. The molecule has 0 spiro atoms. The van der Waals surface area contributed by atoms with Crippen LogP contribution in [0.25, 0.3) is 0 Å². The van der Waals surface area contributed by atoms with Crippen LogP contribution >= 0.6 is 0 Å². The third-order valence-corrected chi connectivity index (χ3v) is 5.80. The van der Waals surface area contributed by atoms with E-state index in [9.17, 15) is 13.2 Å². The summed E-state index contributed by atoms with van der Waals surface area (Å²) in [5, 5.41) is 0. The van der Waals surface area contributed by atoms with Gasteiger partial charge in [-0.15, -0.1) is 0 Å². The zero-order chi connectivity index (χ0) is 20.1. The highest BCUT2D eigenvalue weighted by atomic mass is 32.2. The van der Waals surface area contributed by atoms with Gasteiger partial charge >= 0.3 is 5.97 Å². The minimum Gasteiger partial charge on any atom is -0.495 e. The minimum absolute atomic E-state index is 0.0433. The van der Waals surface area contributed by atoms with E-state index in [-0.39, 0.29) is 35.5 Å². The van der Waals surface area contributed by atoms with Crippen molar-refractivity contribution in [3.63, 3.8) is 0 Å². The van der Waals surface area contributed by atoms with Crippen LogP contribution in [0.15, 0.2) is 47.4 Å². The standard InChI is InChI=1S/C20H23NO6S/c1-14-5-3-4-6-17(14)26-11-12-27-20(22)15-7-10-18(25-2)19(13-15)28(23,24)21-16-8-9-16/h3-7,10,13,16,21H,8-9,11-12H2,1-2H3. The average Bonchev–Trinajstić information content (AvgIpc) is 3.49. The van der Waals surface area contributed by atoms with Gasteiger partial charge in [0.2, 0.25) is 10.0 Å². The number of esters is 1. The molecule has 0 heterocycles. The van der Waals surface area contributed by atoms with Gasteiger partial charge in [-0.1, -0.05) is 18.2 Å². The Hall–Kier alpha value is -2.58. The maximum Gasteiger partial charge on any atom is 0.338 e. The summed E-state index contributed by atoms with van der Waals surface area (Å²) in [6, 6.07) is 11.7. The fraction of sp³-hybridized carbons (Fsp3) is 0.350.